The molecule has 0 aliphatic rings. The summed E-state index contributed by atoms with van der Waals surface area (Å²) in [5.41, 5.74) is 0. The van der Waals surface area contributed by atoms with Crippen LogP contribution in [0.1, 0.15) is 0 Å². The third kappa shape index (κ3) is 1.99. The Bertz CT molecular complexity index is 472. The van der Waals surface area contributed by atoms with Crippen LogP contribution >= 0.6 is 27.3 Å². The molecule has 4 heteroatoms. The molecule has 0 aromatic carbocycles. The zero-order valence-corrected chi connectivity index (χ0v) is 13.7. The Morgan fingerprint density at radius 3 is 2.57 bits per heavy atom. The summed E-state index contributed by atoms with van der Waals surface area (Å²) in [5, 5.41) is 1.33. The van der Waals surface area contributed by atoms with Crippen LogP contribution in [0.15, 0.2) is 22.9 Å². The molecule has 0 radical (unpaired) electrons. The number of hydrogen-bond donors (Lipinski definition) is 0. The predicted molar refractivity (Wildman–Crippen MR) is 70.3 cm³/mol. The fourth-order valence-corrected chi connectivity index (χ4v) is 8.20. The van der Waals surface area contributed by atoms with Crippen molar-refractivity contribution in [1.29, 1.82) is 0 Å². The van der Waals surface area contributed by atoms with E-state index in [-0.39, 0.29) is 0 Å². The zero-order chi connectivity index (χ0) is 10.3. The fraction of sp³-hybridized carbons (Fsp3) is 0.300. The first-order valence-electron chi connectivity index (χ1n) is 4.52. The van der Waals surface area contributed by atoms with Crippen molar-refractivity contribution in [1.82, 2.24) is 4.98 Å². The summed E-state index contributed by atoms with van der Waals surface area (Å²) in [7, 11) is 0. The summed E-state index contributed by atoms with van der Waals surface area (Å²) < 4.78 is 4.04. The van der Waals surface area contributed by atoms with E-state index in [1.165, 1.54) is 10.1 Å². The molecule has 1 nitrogen and oxygen atoms in total. The van der Waals surface area contributed by atoms with E-state index >= 15 is 0 Å². The molecule has 74 valence electrons. The van der Waals surface area contributed by atoms with E-state index in [0.29, 0.717) is 0 Å². The summed E-state index contributed by atoms with van der Waals surface area (Å²) in [6.45, 7) is 0. The Morgan fingerprint density at radius 2 is 2.00 bits per heavy atom. The first kappa shape index (κ1) is 10.9. The van der Waals surface area contributed by atoms with E-state index in [1.54, 1.807) is 2.89 Å². The van der Waals surface area contributed by atoms with Gasteiger partial charge in [0.15, 0.2) is 0 Å². The van der Waals surface area contributed by atoms with Gasteiger partial charge in [0.1, 0.15) is 0 Å². The number of pyridine rings is 1. The molecule has 0 amide bonds. The van der Waals surface area contributed by atoms with Crippen LogP contribution in [0.4, 0.5) is 0 Å². The van der Waals surface area contributed by atoms with Crippen molar-refractivity contribution in [3.8, 4) is 0 Å². The van der Waals surface area contributed by atoms with Crippen LogP contribution in [0.25, 0.3) is 10.1 Å². The van der Waals surface area contributed by atoms with Crippen molar-refractivity contribution in [3.05, 3.63) is 22.9 Å². The van der Waals surface area contributed by atoms with Gasteiger partial charge in [-0.3, -0.25) is 0 Å². The molecule has 0 unspecified atom stereocenters. The molecule has 0 saturated heterocycles. The zero-order valence-electron chi connectivity index (χ0n) is 8.47. The van der Waals surface area contributed by atoms with Crippen molar-refractivity contribution >= 4 is 58.6 Å². The second kappa shape index (κ2) is 3.76. The van der Waals surface area contributed by atoms with Crippen LogP contribution in [-0.2, 0) is 0 Å². The molecular formula is C10H12BrNSSn. The average Bonchev–Trinajstić information content (AvgIpc) is 2.48. The van der Waals surface area contributed by atoms with Crippen LogP contribution in [0, 0.1) is 0 Å². The molecule has 0 N–H and O–H groups in total. The van der Waals surface area contributed by atoms with Crippen LogP contribution in [0.3, 0.4) is 0 Å². The van der Waals surface area contributed by atoms with E-state index in [4.69, 9.17) is 0 Å². The third-order valence-corrected chi connectivity index (χ3v) is 13.3. The van der Waals surface area contributed by atoms with Crippen molar-refractivity contribution in [3.63, 3.8) is 0 Å². The van der Waals surface area contributed by atoms with E-state index in [0.717, 1.165) is 4.47 Å². The van der Waals surface area contributed by atoms with Gasteiger partial charge in [0.25, 0.3) is 0 Å². The minimum absolute atomic E-state index is 1.12. The molecule has 0 atom stereocenters. The number of rotatable bonds is 1. The van der Waals surface area contributed by atoms with Gasteiger partial charge >= 0.3 is 101 Å². The summed E-state index contributed by atoms with van der Waals surface area (Å²) in [5.74, 6) is 0. The SMILES string of the molecule is [CH3][Sn]([CH3])([CH3])[c]1cc2c(Br)cncc2s1. The molecule has 0 spiro atoms. The van der Waals surface area contributed by atoms with Crippen molar-refractivity contribution in [2.75, 3.05) is 0 Å². The van der Waals surface area contributed by atoms with Crippen molar-refractivity contribution < 1.29 is 0 Å². The summed E-state index contributed by atoms with van der Waals surface area (Å²) >= 11 is 3.58. The third-order valence-electron chi connectivity index (χ3n) is 2.14. The fourth-order valence-electron chi connectivity index (χ4n) is 1.30. The molecule has 0 aliphatic carbocycles. The molecular weight excluding hydrogens is 365 g/mol. The van der Waals surface area contributed by atoms with Crippen molar-refractivity contribution in [2.24, 2.45) is 0 Å². The van der Waals surface area contributed by atoms with Gasteiger partial charge in [0, 0.05) is 0 Å². The summed E-state index contributed by atoms with van der Waals surface area (Å²) in [6, 6.07) is 2.35. The first-order valence-corrected chi connectivity index (χ1v) is 16.1. The summed E-state index contributed by atoms with van der Waals surface area (Å²) in [4.78, 5) is 11.5. The van der Waals surface area contributed by atoms with E-state index in [9.17, 15) is 0 Å². The van der Waals surface area contributed by atoms with E-state index < -0.39 is 18.4 Å². The number of hydrogen-bond acceptors (Lipinski definition) is 2. The van der Waals surface area contributed by atoms with E-state index in [1.807, 2.05) is 23.7 Å². The normalized spacial score (nSPS) is 12.3. The van der Waals surface area contributed by atoms with Crippen molar-refractivity contribution in [2.45, 2.75) is 14.8 Å². The van der Waals surface area contributed by atoms with E-state index in [2.05, 4.69) is 41.8 Å². The standard InChI is InChI=1S/C7H3BrNS.3CH3.Sn/c8-6-3-9-4-7-5(6)1-2-10-7;;;;/h1,3-4H;3*1H3;. The molecule has 2 aromatic heterocycles. The van der Waals surface area contributed by atoms with Crippen LogP contribution in [0.5, 0.6) is 0 Å². The number of fused-ring (bicyclic) bond motifs is 1. The van der Waals surface area contributed by atoms with Gasteiger partial charge in [-0.1, -0.05) is 0 Å². The minimum atomic E-state index is -1.88. The molecule has 2 rings (SSSR count). The Balaban J connectivity index is 2.69. The second-order valence-corrected chi connectivity index (χ2v) is 21.7. The Kier molecular flexibility index (Phi) is 2.92. The quantitative estimate of drug-likeness (QED) is 0.693. The number of halogens is 1. The number of nitrogens with zero attached hydrogens (tertiary/aromatic N) is 1. The maximum atomic E-state index is 4.19. The van der Waals surface area contributed by atoms with Gasteiger partial charge in [-0.25, -0.2) is 0 Å². The van der Waals surface area contributed by atoms with Gasteiger partial charge in [0.2, 0.25) is 0 Å². The summed E-state index contributed by atoms with van der Waals surface area (Å²) in [6.07, 6.45) is 3.84. The molecule has 0 fully saturated rings. The molecule has 2 aromatic rings. The maximum absolute atomic E-state index is 4.19. The van der Waals surface area contributed by atoms with Crippen LogP contribution in [0.2, 0.25) is 14.8 Å². The van der Waals surface area contributed by atoms with Crippen LogP contribution < -0.4 is 2.89 Å². The molecule has 0 saturated carbocycles. The van der Waals surface area contributed by atoms with Gasteiger partial charge in [-0.05, 0) is 0 Å². The van der Waals surface area contributed by atoms with Gasteiger partial charge < -0.3 is 0 Å². The van der Waals surface area contributed by atoms with Gasteiger partial charge in [0.05, 0.1) is 0 Å². The first-order chi connectivity index (χ1) is 6.48. The monoisotopic (exact) mass is 377 g/mol. The predicted octanol–water partition coefficient (Wildman–Crippen LogP) is 3.60. The number of thiophene rings is 1. The Labute approximate surface area is 101 Å². The molecule has 14 heavy (non-hydrogen) atoms. The Hall–Kier alpha value is 0.389. The van der Waals surface area contributed by atoms with Crippen LogP contribution in [-0.4, -0.2) is 23.4 Å². The second-order valence-electron chi connectivity index (χ2n) is 4.39. The molecule has 0 bridgehead atoms. The van der Waals surface area contributed by atoms with Gasteiger partial charge in [-0.15, -0.1) is 0 Å². The number of aromatic nitrogens is 1. The molecule has 0 aliphatic heterocycles. The Morgan fingerprint density at radius 1 is 1.29 bits per heavy atom. The average molecular weight is 377 g/mol. The van der Waals surface area contributed by atoms with Gasteiger partial charge in [-0.2, -0.15) is 0 Å². The molecule has 2 heterocycles. The topological polar surface area (TPSA) is 12.9 Å².